The summed E-state index contributed by atoms with van der Waals surface area (Å²) in [6.45, 7) is 0. The van der Waals surface area contributed by atoms with Gasteiger partial charge in [0, 0.05) is 0 Å². The van der Waals surface area contributed by atoms with Crippen molar-refractivity contribution in [2.24, 2.45) is 0 Å². The van der Waals surface area contributed by atoms with Crippen LogP contribution in [0, 0.1) is 0 Å². The first-order chi connectivity index (χ1) is 18.9. The molecule has 0 aliphatic heterocycles. The van der Waals surface area contributed by atoms with Crippen molar-refractivity contribution in [2.45, 2.75) is 0 Å². The van der Waals surface area contributed by atoms with Crippen LogP contribution in [0.2, 0.25) is 0 Å². The van der Waals surface area contributed by atoms with Gasteiger partial charge in [-0.05, 0) is 47.7 Å². The zero-order valence-corrected chi connectivity index (χ0v) is 23.0. The first kappa shape index (κ1) is 29.2. The van der Waals surface area contributed by atoms with Crippen LogP contribution in [0.5, 0.6) is 0 Å². The van der Waals surface area contributed by atoms with Crippen LogP contribution in [0.1, 0.15) is 0 Å². The van der Waals surface area contributed by atoms with Gasteiger partial charge in [0.1, 0.15) is 0 Å². The molecule has 186 valence electrons. The minimum Gasteiger partial charge on any atom is -0.0622 e. The number of hydrogen-bond donors (Lipinski definition) is 0. The van der Waals surface area contributed by atoms with E-state index in [2.05, 4.69) is 182 Å². The normalized spacial score (nSPS) is 10.3. The molecule has 0 fully saturated rings. The molecule has 0 saturated heterocycles. The molecule has 0 saturated carbocycles. The number of benzene rings is 6. The molecule has 0 unspecified atom stereocenters. The molecule has 6 aromatic rings. The summed E-state index contributed by atoms with van der Waals surface area (Å²) in [5.41, 5.74) is 0. The third-order valence-corrected chi connectivity index (χ3v) is 11.0. The zero-order valence-electron chi connectivity index (χ0n) is 21.2. The van der Waals surface area contributed by atoms with Gasteiger partial charge in [0.05, 0.1) is 0 Å². The van der Waals surface area contributed by atoms with Gasteiger partial charge in [0.2, 0.25) is 0 Å². The van der Waals surface area contributed by atoms with E-state index in [1.54, 1.807) is 0 Å². The molecular formula is C36H31NaP2. The Morgan fingerprint density at radius 3 is 0.462 bits per heavy atom. The largest absolute Gasteiger partial charge is 0.0622 e. The van der Waals surface area contributed by atoms with Crippen LogP contribution >= 0.6 is 15.8 Å². The van der Waals surface area contributed by atoms with Crippen molar-refractivity contribution in [1.29, 1.82) is 0 Å². The maximum atomic E-state index is 2.23. The van der Waals surface area contributed by atoms with Gasteiger partial charge in [-0.2, -0.15) is 0 Å². The van der Waals surface area contributed by atoms with Gasteiger partial charge in [0.15, 0.2) is 0 Å². The van der Waals surface area contributed by atoms with E-state index in [-0.39, 0.29) is 29.6 Å². The Hall–Kier alpha value is -2.82. The second-order valence-electron chi connectivity index (χ2n) is 8.68. The first-order valence-electron chi connectivity index (χ1n) is 12.8. The maximum absolute atomic E-state index is 2.23. The van der Waals surface area contributed by atoms with Crippen molar-refractivity contribution < 1.29 is 0 Å². The summed E-state index contributed by atoms with van der Waals surface area (Å²) in [6, 6.07) is 64.7. The van der Waals surface area contributed by atoms with E-state index >= 15 is 0 Å². The summed E-state index contributed by atoms with van der Waals surface area (Å²) in [5.74, 6) is 0. The SMILES string of the molecule is [NaH].c1ccc(P(c2ccccc2)c2ccccc2)cc1.c1ccc(P(c2ccccc2)c2ccccc2)cc1. The van der Waals surface area contributed by atoms with E-state index in [4.69, 9.17) is 0 Å². The summed E-state index contributed by atoms with van der Waals surface area (Å²) in [6.07, 6.45) is 0. The van der Waals surface area contributed by atoms with Crippen molar-refractivity contribution in [2.75, 3.05) is 0 Å². The summed E-state index contributed by atoms with van der Waals surface area (Å²) in [5, 5.41) is 8.39. The smallest absolute Gasteiger partial charge is 0.0134 e. The predicted molar refractivity (Wildman–Crippen MR) is 177 cm³/mol. The molecule has 0 amide bonds. The maximum Gasteiger partial charge on any atom is -0.0134 e. The molecule has 0 aliphatic rings. The van der Waals surface area contributed by atoms with Crippen LogP contribution in [0.3, 0.4) is 0 Å². The van der Waals surface area contributed by atoms with Crippen LogP contribution in [-0.4, -0.2) is 29.6 Å². The molecule has 6 aromatic carbocycles. The molecule has 0 radical (unpaired) electrons. The van der Waals surface area contributed by atoms with E-state index in [1.165, 1.54) is 31.8 Å². The molecule has 6 rings (SSSR count). The van der Waals surface area contributed by atoms with Crippen molar-refractivity contribution in [1.82, 2.24) is 0 Å². The average Bonchev–Trinajstić information content (AvgIpc) is 3.01. The van der Waals surface area contributed by atoms with Crippen molar-refractivity contribution >= 4 is 77.2 Å². The van der Waals surface area contributed by atoms with Gasteiger partial charge in [-0.3, -0.25) is 0 Å². The molecule has 0 spiro atoms. The van der Waals surface area contributed by atoms with Gasteiger partial charge in [-0.15, -0.1) is 0 Å². The third kappa shape index (κ3) is 8.09. The molecule has 0 bridgehead atoms. The van der Waals surface area contributed by atoms with E-state index in [1.807, 2.05) is 0 Å². The molecular weight excluding hydrogens is 517 g/mol. The van der Waals surface area contributed by atoms with Crippen LogP contribution in [-0.2, 0) is 0 Å². The van der Waals surface area contributed by atoms with Crippen molar-refractivity contribution in [3.63, 3.8) is 0 Å². The molecule has 39 heavy (non-hydrogen) atoms. The summed E-state index contributed by atoms with van der Waals surface area (Å²) >= 11 is 0. The Kier molecular flexibility index (Phi) is 11.7. The van der Waals surface area contributed by atoms with Crippen LogP contribution in [0.25, 0.3) is 0 Å². The van der Waals surface area contributed by atoms with Gasteiger partial charge in [-0.1, -0.05) is 182 Å². The third-order valence-electron chi connectivity index (χ3n) is 6.09. The molecule has 0 nitrogen and oxygen atoms in total. The van der Waals surface area contributed by atoms with Gasteiger partial charge in [0.25, 0.3) is 0 Å². The fourth-order valence-electron chi connectivity index (χ4n) is 4.36. The topological polar surface area (TPSA) is 0 Å². The second kappa shape index (κ2) is 15.7. The molecule has 0 heterocycles. The zero-order chi connectivity index (χ0) is 25.8. The van der Waals surface area contributed by atoms with Crippen molar-refractivity contribution in [3.05, 3.63) is 182 Å². The minimum atomic E-state index is -0.446. The predicted octanol–water partition coefficient (Wildman–Crippen LogP) is 6.24. The average molecular weight is 549 g/mol. The monoisotopic (exact) mass is 548 g/mol. The fraction of sp³-hybridized carbons (Fsp3) is 0. The number of hydrogen-bond acceptors (Lipinski definition) is 0. The standard InChI is InChI=1S/2C18H15P.Na.H/c2*1-4-10-16(11-5-1)19(17-12-6-2-7-13-17)18-14-8-3-9-15-18;;/h2*1-15H;;. The summed E-state index contributed by atoms with van der Waals surface area (Å²) in [4.78, 5) is 0. The quantitative estimate of drug-likeness (QED) is 0.171. The van der Waals surface area contributed by atoms with E-state index in [0.29, 0.717) is 0 Å². The molecule has 0 N–H and O–H groups in total. The second-order valence-corrected chi connectivity index (χ2v) is 13.1. The van der Waals surface area contributed by atoms with E-state index in [0.717, 1.165) is 0 Å². The van der Waals surface area contributed by atoms with Crippen molar-refractivity contribution in [3.8, 4) is 0 Å². The Morgan fingerprint density at radius 1 is 0.205 bits per heavy atom. The molecule has 0 aromatic heterocycles. The van der Waals surface area contributed by atoms with Gasteiger partial charge >= 0.3 is 29.6 Å². The minimum absolute atomic E-state index is 0. The molecule has 3 heteroatoms. The Bertz CT molecular complexity index is 1170. The first-order valence-corrected chi connectivity index (χ1v) is 15.5. The van der Waals surface area contributed by atoms with Gasteiger partial charge < -0.3 is 0 Å². The van der Waals surface area contributed by atoms with E-state index in [9.17, 15) is 0 Å². The molecule has 0 atom stereocenters. The Labute approximate surface area is 257 Å². The molecule has 0 aliphatic carbocycles. The fourth-order valence-corrected chi connectivity index (χ4v) is 8.97. The van der Waals surface area contributed by atoms with E-state index < -0.39 is 15.8 Å². The van der Waals surface area contributed by atoms with Crippen LogP contribution < -0.4 is 31.8 Å². The number of rotatable bonds is 6. The van der Waals surface area contributed by atoms with Crippen LogP contribution in [0.4, 0.5) is 0 Å². The van der Waals surface area contributed by atoms with Crippen LogP contribution in [0.15, 0.2) is 182 Å². The summed E-state index contributed by atoms with van der Waals surface area (Å²) in [7, 11) is -0.892. The van der Waals surface area contributed by atoms with Gasteiger partial charge in [-0.25, -0.2) is 0 Å². The summed E-state index contributed by atoms with van der Waals surface area (Å²) < 4.78 is 0. The Morgan fingerprint density at radius 2 is 0.333 bits per heavy atom. The Balaban J connectivity index is 0.000000176.